The summed E-state index contributed by atoms with van der Waals surface area (Å²) < 4.78 is 1.14. The number of amides is 3. The second-order valence-corrected chi connectivity index (χ2v) is 8.27. The number of rotatable bonds is 4. The van der Waals surface area contributed by atoms with Gasteiger partial charge >= 0.3 is 0 Å². The van der Waals surface area contributed by atoms with Crippen LogP contribution in [0.1, 0.15) is 5.56 Å². The molecule has 0 saturated carbocycles. The van der Waals surface area contributed by atoms with E-state index in [1.807, 2.05) is 6.07 Å². The molecular weight excluding hydrogens is 500 g/mol. The van der Waals surface area contributed by atoms with Crippen molar-refractivity contribution in [2.45, 2.75) is 0 Å². The number of hydrogen-bond donors (Lipinski definition) is 2. The Morgan fingerprint density at radius 2 is 1.89 bits per heavy atom. The first-order valence-corrected chi connectivity index (χ1v) is 10.0. The number of carbonyl (C=O) groups is 3. The number of aromatic hydroxyl groups is 1. The lowest BCUT2D eigenvalue weighted by molar-refractivity contribution is -0.127. The van der Waals surface area contributed by atoms with E-state index < -0.39 is 17.1 Å². The SMILES string of the molecule is O=C(CN1C(=O)S/C(=C\c2cc(Br)cc(Br)c2O)C1=O)Nc1ccccc1. The number of phenols is 1. The van der Waals surface area contributed by atoms with E-state index >= 15 is 0 Å². The standard InChI is InChI=1S/C18H12Br2N2O4S/c19-11-6-10(16(24)13(20)8-11)7-14-17(25)22(18(26)27-14)9-15(23)21-12-4-2-1-3-5-12/h1-8,24H,9H2,(H,21,23)/b14-7-. The van der Waals surface area contributed by atoms with Gasteiger partial charge in [0.15, 0.2) is 0 Å². The fourth-order valence-electron chi connectivity index (χ4n) is 2.34. The quantitative estimate of drug-likeness (QED) is 0.586. The number of carbonyl (C=O) groups excluding carboxylic acids is 3. The first-order valence-electron chi connectivity index (χ1n) is 7.63. The van der Waals surface area contributed by atoms with Crippen molar-refractivity contribution in [3.8, 4) is 5.75 Å². The molecule has 9 heteroatoms. The molecule has 27 heavy (non-hydrogen) atoms. The van der Waals surface area contributed by atoms with E-state index in [9.17, 15) is 19.5 Å². The minimum Gasteiger partial charge on any atom is -0.506 e. The summed E-state index contributed by atoms with van der Waals surface area (Å²) in [6, 6.07) is 12.0. The number of halogens is 2. The molecule has 138 valence electrons. The van der Waals surface area contributed by atoms with Crippen molar-refractivity contribution in [1.82, 2.24) is 4.90 Å². The molecule has 1 aliphatic heterocycles. The van der Waals surface area contributed by atoms with Crippen LogP contribution in [0.2, 0.25) is 0 Å². The third-order valence-corrected chi connectivity index (χ3v) is 5.55. The van der Waals surface area contributed by atoms with Gasteiger partial charge in [-0.2, -0.15) is 0 Å². The predicted octanol–water partition coefficient (Wildman–Crippen LogP) is 4.59. The molecule has 0 bridgehead atoms. The Labute approximate surface area is 175 Å². The molecule has 2 aromatic rings. The Kier molecular flexibility index (Phi) is 6.03. The summed E-state index contributed by atoms with van der Waals surface area (Å²) in [6.07, 6.45) is 1.42. The minimum atomic E-state index is -0.580. The number of para-hydroxylation sites is 1. The Hall–Kier alpha value is -2.10. The number of imide groups is 1. The van der Waals surface area contributed by atoms with Gasteiger partial charge < -0.3 is 10.4 Å². The highest BCUT2D eigenvalue weighted by molar-refractivity contribution is 9.11. The zero-order chi connectivity index (χ0) is 19.6. The molecule has 1 fully saturated rings. The highest BCUT2D eigenvalue weighted by atomic mass is 79.9. The average molecular weight is 512 g/mol. The van der Waals surface area contributed by atoms with Crippen LogP contribution in [0.4, 0.5) is 10.5 Å². The summed E-state index contributed by atoms with van der Waals surface area (Å²) in [6.45, 7) is -0.384. The minimum absolute atomic E-state index is 0.0492. The van der Waals surface area contributed by atoms with E-state index in [4.69, 9.17) is 0 Å². The van der Waals surface area contributed by atoms with Crippen LogP contribution in [0.15, 0.2) is 56.3 Å². The van der Waals surface area contributed by atoms with Crippen LogP contribution < -0.4 is 5.32 Å². The van der Waals surface area contributed by atoms with Crippen LogP contribution in [0.5, 0.6) is 5.75 Å². The van der Waals surface area contributed by atoms with E-state index in [0.717, 1.165) is 16.7 Å². The smallest absolute Gasteiger partial charge is 0.294 e. The second kappa shape index (κ2) is 8.28. The molecule has 1 saturated heterocycles. The number of nitrogens with zero attached hydrogens (tertiary/aromatic N) is 1. The van der Waals surface area contributed by atoms with Gasteiger partial charge in [0.25, 0.3) is 11.1 Å². The van der Waals surface area contributed by atoms with Crippen LogP contribution >= 0.6 is 43.6 Å². The fraction of sp³-hybridized carbons (Fsp3) is 0.0556. The molecule has 0 atom stereocenters. The van der Waals surface area contributed by atoms with Crippen molar-refractivity contribution >= 4 is 72.4 Å². The molecule has 0 aromatic heterocycles. The summed E-state index contributed by atoms with van der Waals surface area (Å²) in [7, 11) is 0. The normalized spacial score (nSPS) is 15.5. The summed E-state index contributed by atoms with van der Waals surface area (Å²) >= 11 is 7.25. The largest absolute Gasteiger partial charge is 0.506 e. The van der Waals surface area contributed by atoms with Crippen molar-refractivity contribution in [3.63, 3.8) is 0 Å². The highest BCUT2D eigenvalue weighted by Crippen LogP contribution is 2.37. The van der Waals surface area contributed by atoms with Gasteiger partial charge in [0.1, 0.15) is 12.3 Å². The van der Waals surface area contributed by atoms with E-state index in [-0.39, 0.29) is 17.2 Å². The molecule has 0 unspecified atom stereocenters. The van der Waals surface area contributed by atoms with Gasteiger partial charge in [-0.15, -0.1) is 0 Å². The number of phenolic OH excluding ortho intramolecular Hbond substituents is 1. The van der Waals surface area contributed by atoms with Crippen LogP contribution in [0.3, 0.4) is 0 Å². The molecule has 3 amide bonds. The monoisotopic (exact) mass is 510 g/mol. The Morgan fingerprint density at radius 1 is 1.19 bits per heavy atom. The number of hydrogen-bond acceptors (Lipinski definition) is 5. The van der Waals surface area contributed by atoms with Gasteiger partial charge in [-0.1, -0.05) is 34.1 Å². The van der Waals surface area contributed by atoms with Gasteiger partial charge in [0.05, 0.1) is 9.38 Å². The van der Waals surface area contributed by atoms with Crippen molar-refractivity contribution < 1.29 is 19.5 Å². The molecule has 6 nitrogen and oxygen atoms in total. The van der Waals surface area contributed by atoms with E-state index in [1.54, 1.807) is 36.4 Å². The number of nitrogens with one attached hydrogen (secondary N) is 1. The number of thioether (sulfide) groups is 1. The van der Waals surface area contributed by atoms with E-state index in [0.29, 0.717) is 20.2 Å². The number of benzene rings is 2. The maximum absolute atomic E-state index is 12.5. The molecular formula is C18H12Br2N2O4S. The van der Waals surface area contributed by atoms with Crippen molar-refractivity contribution in [3.05, 3.63) is 61.9 Å². The van der Waals surface area contributed by atoms with Crippen LogP contribution in [-0.2, 0) is 9.59 Å². The molecule has 1 aliphatic rings. The topological polar surface area (TPSA) is 86.7 Å². The van der Waals surface area contributed by atoms with Gasteiger partial charge in [-0.25, -0.2) is 0 Å². The van der Waals surface area contributed by atoms with E-state index in [1.165, 1.54) is 6.08 Å². The van der Waals surface area contributed by atoms with Gasteiger partial charge in [-0.05, 0) is 58.0 Å². The maximum atomic E-state index is 12.5. The summed E-state index contributed by atoms with van der Waals surface area (Å²) in [5.41, 5.74) is 0.949. The predicted molar refractivity (Wildman–Crippen MR) is 111 cm³/mol. The van der Waals surface area contributed by atoms with Crippen molar-refractivity contribution in [2.75, 3.05) is 11.9 Å². The van der Waals surface area contributed by atoms with Gasteiger partial charge in [-0.3, -0.25) is 19.3 Å². The summed E-state index contributed by atoms with van der Waals surface area (Å²) in [4.78, 5) is 37.8. The van der Waals surface area contributed by atoms with Crippen LogP contribution in [0, 0.1) is 0 Å². The number of anilines is 1. The van der Waals surface area contributed by atoms with Crippen molar-refractivity contribution in [2.24, 2.45) is 0 Å². The zero-order valence-electron chi connectivity index (χ0n) is 13.6. The molecule has 1 heterocycles. The lowest BCUT2D eigenvalue weighted by Gasteiger charge is -2.12. The summed E-state index contributed by atoms with van der Waals surface area (Å²) in [5, 5.41) is 12.2. The zero-order valence-corrected chi connectivity index (χ0v) is 17.6. The Bertz CT molecular complexity index is 963. The van der Waals surface area contributed by atoms with Crippen molar-refractivity contribution in [1.29, 1.82) is 0 Å². The van der Waals surface area contributed by atoms with Gasteiger partial charge in [0, 0.05) is 15.7 Å². The van der Waals surface area contributed by atoms with E-state index in [2.05, 4.69) is 37.2 Å². The summed E-state index contributed by atoms with van der Waals surface area (Å²) in [5.74, 6) is -1.10. The lowest BCUT2D eigenvalue weighted by atomic mass is 10.2. The molecule has 3 rings (SSSR count). The average Bonchev–Trinajstić information content (AvgIpc) is 2.87. The molecule has 0 aliphatic carbocycles. The van der Waals surface area contributed by atoms with Gasteiger partial charge in [0.2, 0.25) is 5.91 Å². The molecule has 0 radical (unpaired) electrons. The molecule has 2 aromatic carbocycles. The maximum Gasteiger partial charge on any atom is 0.294 e. The lowest BCUT2D eigenvalue weighted by Crippen LogP contribution is -2.36. The van der Waals surface area contributed by atoms with Crippen LogP contribution in [0.25, 0.3) is 6.08 Å². The third kappa shape index (κ3) is 4.60. The first-order chi connectivity index (χ1) is 12.8. The fourth-order valence-corrected chi connectivity index (χ4v) is 4.43. The second-order valence-electron chi connectivity index (χ2n) is 5.51. The molecule has 2 N–H and O–H groups in total. The Morgan fingerprint density at radius 3 is 2.59 bits per heavy atom. The first kappa shape index (κ1) is 19.7. The van der Waals surface area contributed by atoms with Crippen LogP contribution in [-0.4, -0.2) is 33.6 Å². The molecule has 0 spiro atoms. The third-order valence-electron chi connectivity index (χ3n) is 3.58. The Balaban J connectivity index is 1.76. The highest BCUT2D eigenvalue weighted by Gasteiger charge is 2.36.